The number of hydrogen-bond acceptors (Lipinski definition) is 6. The standard InChI is InChI=1S/C66H46N6/c1-5-19-45(20-6-1)46-37-39-47(40-38-46)59-35-13-14-36-60(59)66-71-63(50-25-11-4-12-26-50)70-65(72-66)58-34-18-32-56(44-58)54-30-16-28-52(42-54)51-27-15-29-53(41-51)55-31-17-33-57(43-55)64-68-61(48-21-7-2-8-22-48)67-62(69-64)49-23-9-3-10-24-49/h1-44,63H,(H,70,71,72). The van der Waals surface area contributed by atoms with Crippen molar-refractivity contribution < 1.29 is 0 Å². The number of nitrogens with zero attached hydrogens (tertiary/aromatic N) is 5. The molecular formula is C66H46N6. The van der Waals surface area contributed by atoms with Gasteiger partial charge in [-0.2, -0.15) is 0 Å². The van der Waals surface area contributed by atoms with Gasteiger partial charge in [0.15, 0.2) is 23.3 Å². The van der Waals surface area contributed by atoms with E-state index in [2.05, 4.69) is 199 Å². The van der Waals surface area contributed by atoms with Crippen molar-refractivity contribution >= 4 is 11.7 Å². The molecule has 1 unspecified atom stereocenters. The number of rotatable bonds is 11. The van der Waals surface area contributed by atoms with Crippen LogP contribution in [-0.4, -0.2) is 26.6 Å². The zero-order valence-electron chi connectivity index (χ0n) is 39.2. The fourth-order valence-corrected chi connectivity index (χ4v) is 9.30. The molecule has 11 aromatic rings. The van der Waals surface area contributed by atoms with Gasteiger partial charge in [0.1, 0.15) is 12.0 Å². The SMILES string of the molecule is c1ccc(-c2ccc(-c3ccccc3C3=NC(c4ccccc4)NC(c4cccc(-c5cccc(-c6cccc(-c7cccc(-c8nc(-c9ccccc9)nc(-c9ccccc9)n8)c7)c6)c5)c4)=N3)cc2)cc1. The maximum absolute atomic E-state index is 5.29. The van der Waals surface area contributed by atoms with E-state index >= 15 is 0 Å². The van der Waals surface area contributed by atoms with E-state index in [1.54, 1.807) is 0 Å². The normalized spacial score (nSPS) is 13.1. The van der Waals surface area contributed by atoms with Crippen molar-refractivity contribution in [2.75, 3.05) is 0 Å². The molecule has 0 saturated carbocycles. The van der Waals surface area contributed by atoms with E-state index in [0.717, 1.165) is 83.7 Å². The molecule has 6 nitrogen and oxygen atoms in total. The van der Waals surface area contributed by atoms with E-state index in [4.69, 9.17) is 24.9 Å². The summed E-state index contributed by atoms with van der Waals surface area (Å²) in [6.45, 7) is 0. The van der Waals surface area contributed by atoms with Crippen LogP contribution in [0.25, 0.3) is 89.8 Å². The Labute approximate surface area is 419 Å². The molecule has 0 radical (unpaired) electrons. The van der Waals surface area contributed by atoms with Gasteiger partial charge in [-0.15, -0.1) is 0 Å². The third-order valence-corrected chi connectivity index (χ3v) is 13.0. The second kappa shape index (κ2) is 19.8. The van der Waals surface area contributed by atoms with E-state index in [0.29, 0.717) is 23.3 Å². The van der Waals surface area contributed by atoms with Crippen LogP contribution in [0.4, 0.5) is 0 Å². The number of amidine groups is 2. The highest BCUT2D eigenvalue weighted by molar-refractivity contribution is 6.15. The molecule has 340 valence electrons. The maximum Gasteiger partial charge on any atom is 0.164 e. The Bertz CT molecular complexity index is 3700. The average molecular weight is 923 g/mol. The van der Waals surface area contributed by atoms with E-state index in [1.165, 1.54) is 11.1 Å². The van der Waals surface area contributed by atoms with Gasteiger partial charge >= 0.3 is 0 Å². The van der Waals surface area contributed by atoms with Gasteiger partial charge in [0.25, 0.3) is 0 Å². The van der Waals surface area contributed by atoms with Crippen LogP contribution in [0.15, 0.2) is 277 Å². The van der Waals surface area contributed by atoms with Crippen molar-refractivity contribution in [3.05, 3.63) is 284 Å². The third-order valence-electron chi connectivity index (χ3n) is 13.0. The summed E-state index contributed by atoms with van der Waals surface area (Å²) in [4.78, 5) is 25.4. The fraction of sp³-hybridized carbons (Fsp3) is 0.0152. The summed E-state index contributed by atoms with van der Waals surface area (Å²) in [6.07, 6.45) is -0.335. The zero-order valence-corrected chi connectivity index (χ0v) is 39.2. The Morgan fingerprint density at radius 2 is 0.611 bits per heavy atom. The molecule has 0 saturated heterocycles. The summed E-state index contributed by atoms with van der Waals surface area (Å²) in [5.74, 6) is 3.34. The van der Waals surface area contributed by atoms with E-state index in [9.17, 15) is 0 Å². The highest BCUT2D eigenvalue weighted by atomic mass is 15.2. The molecule has 0 fully saturated rings. The van der Waals surface area contributed by atoms with Gasteiger partial charge in [0.2, 0.25) is 0 Å². The quantitative estimate of drug-likeness (QED) is 0.140. The molecule has 1 aromatic heterocycles. The summed E-state index contributed by atoms with van der Waals surface area (Å²) in [7, 11) is 0. The maximum atomic E-state index is 5.29. The number of aromatic nitrogens is 3. The number of nitrogens with one attached hydrogen (secondary N) is 1. The monoisotopic (exact) mass is 922 g/mol. The van der Waals surface area contributed by atoms with Crippen molar-refractivity contribution in [1.82, 2.24) is 20.3 Å². The van der Waals surface area contributed by atoms with E-state index in [-0.39, 0.29) is 6.17 Å². The topological polar surface area (TPSA) is 75.4 Å². The Morgan fingerprint density at radius 1 is 0.264 bits per heavy atom. The van der Waals surface area contributed by atoms with Gasteiger partial charge in [-0.25, -0.2) is 24.9 Å². The molecule has 1 N–H and O–H groups in total. The molecule has 0 bridgehead atoms. The smallest absolute Gasteiger partial charge is 0.164 e. The van der Waals surface area contributed by atoms with Crippen LogP contribution in [-0.2, 0) is 0 Å². The average Bonchev–Trinajstić information content (AvgIpc) is 3.48. The van der Waals surface area contributed by atoms with Gasteiger partial charge < -0.3 is 5.32 Å². The first-order valence-corrected chi connectivity index (χ1v) is 24.2. The first kappa shape index (κ1) is 43.6. The fourth-order valence-electron chi connectivity index (χ4n) is 9.30. The Hall–Kier alpha value is -9.65. The van der Waals surface area contributed by atoms with Gasteiger partial charge in [0, 0.05) is 27.8 Å². The number of benzene rings is 10. The van der Waals surface area contributed by atoms with Gasteiger partial charge in [0.05, 0.1) is 0 Å². The number of hydrogen-bond donors (Lipinski definition) is 1. The summed E-state index contributed by atoms with van der Waals surface area (Å²) >= 11 is 0. The molecular weight excluding hydrogens is 877 g/mol. The Kier molecular flexibility index (Phi) is 12.0. The zero-order chi connectivity index (χ0) is 48.1. The van der Waals surface area contributed by atoms with Crippen LogP contribution in [0, 0.1) is 0 Å². The van der Waals surface area contributed by atoms with Crippen molar-refractivity contribution in [1.29, 1.82) is 0 Å². The molecule has 0 amide bonds. The lowest BCUT2D eigenvalue weighted by molar-refractivity contribution is 0.674. The van der Waals surface area contributed by atoms with Crippen molar-refractivity contribution in [2.24, 2.45) is 9.98 Å². The lowest BCUT2D eigenvalue weighted by Crippen LogP contribution is -2.33. The van der Waals surface area contributed by atoms with Gasteiger partial charge in [-0.3, -0.25) is 0 Å². The minimum Gasteiger partial charge on any atom is -0.344 e. The molecule has 6 heteroatoms. The summed E-state index contributed by atoms with van der Waals surface area (Å²) in [5, 5.41) is 3.69. The van der Waals surface area contributed by atoms with Crippen molar-refractivity contribution in [3.63, 3.8) is 0 Å². The molecule has 12 rings (SSSR count). The molecule has 1 atom stereocenters. The van der Waals surface area contributed by atoms with Gasteiger partial charge in [-0.1, -0.05) is 243 Å². The molecule has 2 heterocycles. The molecule has 0 spiro atoms. The van der Waals surface area contributed by atoms with Crippen LogP contribution in [0.2, 0.25) is 0 Å². The minimum absolute atomic E-state index is 0.335. The van der Waals surface area contributed by atoms with E-state index in [1.807, 2.05) is 72.8 Å². The van der Waals surface area contributed by atoms with E-state index < -0.39 is 0 Å². The van der Waals surface area contributed by atoms with Crippen molar-refractivity contribution in [3.8, 4) is 89.8 Å². The predicted molar refractivity (Wildman–Crippen MR) is 295 cm³/mol. The largest absolute Gasteiger partial charge is 0.344 e. The van der Waals surface area contributed by atoms with Crippen LogP contribution in [0.5, 0.6) is 0 Å². The Morgan fingerprint density at radius 3 is 1.12 bits per heavy atom. The third kappa shape index (κ3) is 9.28. The van der Waals surface area contributed by atoms with Crippen LogP contribution < -0.4 is 5.32 Å². The summed E-state index contributed by atoms with van der Waals surface area (Å²) in [6, 6.07) is 92.7. The van der Waals surface area contributed by atoms with Crippen LogP contribution in [0.1, 0.15) is 22.9 Å². The highest BCUT2D eigenvalue weighted by Crippen LogP contribution is 2.34. The second-order valence-corrected chi connectivity index (χ2v) is 17.7. The molecule has 1 aliphatic rings. The summed E-state index contributed by atoms with van der Waals surface area (Å²) in [5.41, 5.74) is 17.0. The molecule has 0 aliphatic carbocycles. The molecule has 1 aliphatic heterocycles. The van der Waals surface area contributed by atoms with Crippen molar-refractivity contribution in [2.45, 2.75) is 6.17 Å². The first-order chi connectivity index (χ1) is 35.6. The second-order valence-electron chi connectivity index (χ2n) is 17.7. The van der Waals surface area contributed by atoms with Crippen LogP contribution >= 0.6 is 0 Å². The predicted octanol–water partition coefficient (Wildman–Crippen LogP) is 15.7. The lowest BCUT2D eigenvalue weighted by atomic mass is 9.95. The summed E-state index contributed by atoms with van der Waals surface area (Å²) < 4.78 is 0. The molecule has 10 aromatic carbocycles. The van der Waals surface area contributed by atoms with Crippen LogP contribution in [0.3, 0.4) is 0 Å². The highest BCUT2D eigenvalue weighted by Gasteiger charge is 2.23. The Balaban J connectivity index is 0.852. The molecule has 72 heavy (non-hydrogen) atoms. The minimum atomic E-state index is -0.335. The lowest BCUT2D eigenvalue weighted by Gasteiger charge is -2.24. The first-order valence-electron chi connectivity index (χ1n) is 24.2. The number of aliphatic imine (C=N–C) groups is 2. The van der Waals surface area contributed by atoms with Gasteiger partial charge in [-0.05, 0) is 85.5 Å².